The van der Waals surface area contributed by atoms with Gasteiger partial charge in [-0.2, -0.15) is 0 Å². The predicted octanol–water partition coefficient (Wildman–Crippen LogP) is 5.17. The lowest BCUT2D eigenvalue weighted by atomic mass is 9.94. The minimum Gasteiger partial charge on any atom is -0.478 e. The Labute approximate surface area is 174 Å². The molecule has 30 heavy (non-hydrogen) atoms. The molecule has 0 atom stereocenters. The fraction of sp³-hybridized carbons (Fsp3) is 0.208. The number of hydrogen-bond acceptors (Lipinski definition) is 3. The van der Waals surface area contributed by atoms with Gasteiger partial charge in [-0.25, -0.2) is 9.18 Å². The number of amides is 1. The molecule has 5 nitrogen and oxygen atoms in total. The van der Waals surface area contributed by atoms with E-state index in [1.54, 1.807) is 47.5 Å². The summed E-state index contributed by atoms with van der Waals surface area (Å²) in [6.07, 6.45) is 1.66. The van der Waals surface area contributed by atoms with E-state index in [-0.39, 0.29) is 23.8 Å². The molecule has 0 spiro atoms. The maximum absolute atomic E-state index is 13.3. The highest BCUT2D eigenvalue weighted by molar-refractivity contribution is 5.96. The average molecular weight is 406 g/mol. The largest absolute Gasteiger partial charge is 0.478 e. The Morgan fingerprint density at radius 2 is 1.73 bits per heavy atom. The highest BCUT2D eigenvalue weighted by Crippen LogP contribution is 2.26. The van der Waals surface area contributed by atoms with E-state index in [4.69, 9.17) is 5.11 Å². The number of benzene rings is 2. The number of carbonyl (C=O) groups is 2. The Kier molecular flexibility index (Phi) is 5.96. The van der Waals surface area contributed by atoms with Crippen molar-refractivity contribution in [3.05, 3.63) is 83.8 Å². The fourth-order valence-electron chi connectivity index (χ4n) is 2.99. The van der Waals surface area contributed by atoms with Crippen LogP contribution in [-0.4, -0.2) is 22.0 Å². The Hall–Kier alpha value is -3.54. The summed E-state index contributed by atoms with van der Waals surface area (Å²) in [4.78, 5) is 30.2. The molecule has 1 amide bonds. The van der Waals surface area contributed by atoms with Gasteiger partial charge in [0, 0.05) is 22.9 Å². The second-order valence-electron chi connectivity index (χ2n) is 8.06. The molecule has 0 bridgehead atoms. The Bertz CT molecular complexity index is 1060. The molecular weight excluding hydrogens is 383 g/mol. The van der Waals surface area contributed by atoms with Crippen LogP contribution in [0.2, 0.25) is 0 Å². The molecule has 1 aromatic heterocycles. The molecule has 1 N–H and O–H groups in total. The van der Waals surface area contributed by atoms with Crippen LogP contribution in [0.15, 0.2) is 66.9 Å². The minimum atomic E-state index is -0.996. The fourth-order valence-corrected chi connectivity index (χ4v) is 2.99. The number of halogens is 1. The SMILES string of the molecule is CC(C)(C)C(=O)N(Cc1ccc(-c2cccc(C(=O)O)c2)nc1)c1ccc(F)cc1. The number of carbonyl (C=O) groups excluding carboxylic acids is 1. The summed E-state index contributed by atoms with van der Waals surface area (Å²) in [5.74, 6) is -1.45. The van der Waals surface area contributed by atoms with Crippen LogP contribution in [-0.2, 0) is 11.3 Å². The third kappa shape index (κ3) is 4.89. The van der Waals surface area contributed by atoms with E-state index in [2.05, 4.69) is 4.98 Å². The summed E-state index contributed by atoms with van der Waals surface area (Å²) >= 11 is 0. The predicted molar refractivity (Wildman–Crippen MR) is 114 cm³/mol. The first kappa shape index (κ1) is 21.2. The van der Waals surface area contributed by atoms with Gasteiger partial charge in [-0.15, -0.1) is 0 Å². The number of rotatable bonds is 5. The standard InChI is InChI=1S/C24H23FN2O3/c1-24(2,3)23(30)27(20-10-8-19(25)9-11-20)15-16-7-12-21(26-14-16)17-5-4-6-18(13-17)22(28)29/h4-14H,15H2,1-3H3,(H,28,29). The van der Waals surface area contributed by atoms with Gasteiger partial charge in [0.2, 0.25) is 5.91 Å². The van der Waals surface area contributed by atoms with Crippen LogP contribution in [0.5, 0.6) is 0 Å². The smallest absolute Gasteiger partial charge is 0.335 e. The summed E-state index contributed by atoms with van der Waals surface area (Å²) < 4.78 is 13.3. The summed E-state index contributed by atoms with van der Waals surface area (Å²) in [6, 6.07) is 16.0. The Balaban J connectivity index is 1.88. The molecule has 0 unspecified atom stereocenters. The van der Waals surface area contributed by atoms with Crippen LogP contribution in [0.25, 0.3) is 11.3 Å². The van der Waals surface area contributed by atoms with E-state index < -0.39 is 11.4 Å². The zero-order valence-electron chi connectivity index (χ0n) is 17.1. The number of carboxylic acids is 1. The van der Waals surface area contributed by atoms with Crippen molar-refractivity contribution in [3.8, 4) is 11.3 Å². The van der Waals surface area contributed by atoms with Crippen LogP contribution in [0, 0.1) is 11.2 Å². The van der Waals surface area contributed by atoms with Gasteiger partial charge in [0.25, 0.3) is 0 Å². The summed E-state index contributed by atoms with van der Waals surface area (Å²) in [6.45, 7) is 5.79. The lowest BCUT2D eigenvalue weighted by molar-refractivity contribution is -0.125. The normalized spacial score (nSPS) is 11.2. The number of aromatic carboxylic acids is 1. The monoisotopic (exact) mass is 406 g/mol. The molecule has 0 saturated heterocycles. The lowest BCUT2D eigenvalue weighted by Crippen LogP contribution is -2.39. The lowest BCUT2D eigenvalue weighted by Gasteiger charge is -2.29. The minimum absolute atomic E-state index is 0.0904. The van der Waals surface area contributed by atoms with Gasteiger partial charge < -0.3 is 10.0 Å². The summed E-state index contributed by atoms with van der Waals surface area (Å²) in [5.41, 5.74) is 2.32. The van der Waals surface area contributed by atoms with E-state index in [0.717, 1.165) is 5.56 Å². The van der Waals surface area contributed by atoms with Gasteiger partial charge in [0.1, 0.15) is 5.82 Å². The molecule has 154 valence electrons. The molecule has 0 fully saturated rings. The van der Waals surface area contributed by atoms with Gasteiger partial charge in [0.05, 0.1) is 17.8 Å². The third-order valence-corrected chi connectivity index (χ3v) is 4.60. The number of nitrogens with zero attached hydrogens (tertiary/aromatic N) is 2. The summed E-state index contributed by atoms with van der Waals surface area (Å²) in [7, 11) is 0. The average Bonchev–Trinajstić information content (AvgIpc) is 2.72. The molecule has 0 radical (unpaired) electrons. The molecule has 1 heterocycles. The van der Waals surface area contributed by atoms with Crippen molar-refractivity contribution in [2.45, 2.75) is 27.3 Å². The van der Waals surface area contributed by atoms with Crippen molar-refractivity contribution in [1.29, 1.82) is 0 Å². The highest BCUT2D eigenvalue weighted by atomic mass is 19.1. The maximum Gasteiger partial charge on any atom is 0.335 e. The number of carboxylic acid groups (broad SMARTS) is 1. The van der Waals surface area contributed by atoms with E-state index in [0.29, 0.717) is 16.9 Å². The van der Waals surface area contributed by atoms with Crippen molar-refractivity contribution in [1.82, 2.24) is 4.98 Å². The zero-order valence-corrected chi connectivity index (χ0v) is 17.1. The van der Waals surface area contributed by atoms with Crippen molar-refractivity contribution < 1.29 is 19.1 Å². The first-order valence-electron chi connectivity index (χ1n) is 9.51. The Morgan fingerprint density at radius 1 is 1.03 bits per heavy atom. The van der Waals surface area contributed by atoms with Gasteiger partial charge in [-0.3, -0.25) is 9.78 Å². The molecule has 0 aliphatic heterocycles. The van der Waals surface area contributed by atoms with Crippen LogP contribution >= 0.6 is 0 Å². The first-order valence-corrected chi connectivity index (χ1v) is 9.51. The number of anilines is 1. The van der Waals surface area contributed by atoms with Crippen LogP contribution < -0.4 is 4.90 Å². The molecule has 3 rings (SSSR count). The molecule has 6 heteroatoms. The van der Waals surface area contributed by atoms with Crippen molar-refractivity contribution in [2.24, 2.45) is 5.41 Å². The van der Waals surface area contributed by atoms with Crippen LogP contribution in [0.1, 0.15) is 36.7 Å². The zero-order chi connectivity index (χ0) is 21.9. The quantitative estimate of drug-likeness (QED) is 0.635. The third-order valence-electron chi connectivity index (χ3n) is 4.60. The Morgan fingerprint density at radius 3 is 2.30 bits per heavy atom. The van der Waals surface area contributed by atoms with E-state index in [1.165, 1.54) is 18.2 Å². The second kappa shape index (κ2) is 8.45. The molecular formula is C24H23FN2O3. The molecule has 0 aliphatic rings. The number of hydrogen-bond donors (Lipinski definition) is 1. The number of aromatic nitrogens is 1. The van der Waals surface area contributed by atoms with E-state index in [9.17, 15) is 14.0 Å². The van der Waals surface area contributed by atoms with Crippen molar-refractivity contribution in [2.75, 3.05) is 4.90 Å². The van der Waals surface area contributed by atoms with E-state index >= 15 is 0 Å². The van der Waals surface area contributed by atoms with Gasteiger partial charge in [-0.05, 0) is 48.0 Å². The molecule has 0 saturated carbocycles. The van der Waals surface area contributed by atoms with Crippen LogP contribution in [0.3, 0.4) is 0 Å². The molecule has 0 aliphatic carbocycles. The topological polar surface area (TPSA) is 70.5 Å². The maximum atomic E-state index is 13.3. The summed E-state index contributed by atoms with van der Waals surface area (Å²) in [5, 5.41) is 9.16. The van der Waals surface area contributed by atoms with Crippen molar-refractivity contribution in [3.63, 3.8) is 0 Å². The highest BCUT2D eigenvalue weighted by Gasteiger charge is 2.28. The van der Waals surface area contributed by atoms with E-state index in [1.807, 2.05) is 26.8 Å². The molecule has 3 aromatic rings. The second-order valence-corrected chi connectivity index (χ2v) is 8.06. The van der Waals surface area contributed by atoms with Gasteiger partial charge in [-0.1, -0.05) is 39.0 Å². The van der Waals surface area contributed by atoms with Gasteiger partial charge in [0.15, 0.2) is 0 Å². The first-order chi connectivity index (χ1) is 14.1. The number of pyridine rings is 1. The van der Waals surface area contributed by atoms with Crippen LogP contribution in [0.4, 0.5) is 10.1 Å². The molecule has 2 aromatic carbocycles. The van der Waals surface area contributed by atoms with Crippen molar-refractivity contribution >= 4 is 17.6 Å². The van der Waals surface area contributed by atoms with Gasteiger partial charge >= 0.3 is 5.97 Å².